The van der Waals surface area contributed by atoms with E-state index < -0.39 is 16.1 Å². The first-order valence-electron chi connectivity index (χ1n) is 8.56. The highest BCUT2D eigenvalue weighted by atomic mass is 32.2. The van der Waals surface area contributed by atoms with Gasteiger partial charge in [-0.2, -0.15) is 16.5 Å². The van der Waals surface area contributed by atoms with Crippen molar-refractivity contribution >= 4 is 33.8 Å². The highest BCUT2D eigenvalue weighted by molar-refractivity contribution is 7.98. The minimum atomic E-state index is -3.74. The van der Waals surface area contributed by atoms with Gasteiger partial charge in [-0.05, 0) is 35.6 Å². The summed E-state index contributed by atoms with van der Waals surface area (Å²) in [5, 5.41) is 3.90. The number of hydrogen-bond donors (Lipinski definition) is 2. The summed E-state index contributed by atoms with van der Waals surface area (Å²) in [4.78, 5) is 12.5. The van der Waals surface area contributed by atoms with Crippen LogP contribution in [0.25, 0.3) is 6.08 Å². The van der Waals surface area contributed by atoms with Gasteiger partial charge in [0, 0.05) is 12.0 Å². The number of carbonyl (C=O) groups excluding carboxylic acids is 1. The summed E-state index contributed by atoms with van der Waals surface area (Å²) in [6.45, 7) is 0.358. The van der Waals surface area contributed by atoms with Crippen molar-refractivity contribution in [2.24, 2.45) is 0 Å². The van der Waals surface area contributed by atoms with Crippen LogP contribution in [-0.2, 0) is 21.4 Å². The molecule has 144 valence electrons. The van der Waals surface area contributed by atoms with Crippen LogP contribution >= 0.6 is 11.8 Å². The maximum atomic E-state index is 12.5. The van der Waals surface area contributed by atoms with Gasteiger partial charge in [0.15, 0.2) is 0 Å². The molecule has 7 heteroatoms. The molecule has 0 fully saturated rings. The average molecular weight is 405 g/mol. The van der Waals surface area contributed by atoms with E-state index in [0.717, 1.165) is 16.5 Å². The molecule has 1 atom stereocenters. The van der Waals surface area contributed by atoms with E-state index in [1.807, 2.05) is 66.9 Å². The fourth-order valence-electron chi connectivity index (χ4n) is 2.36. The summed E-state index contributed by atoms with van der Waals surface area (Å²) in [5.41, 5.74) is 1.73. The van der Waals surface area contributed by atoms with Crippen LogP contribution < -0.4 is 10.0 Å². The molecule has 0 aromatic heterocycles. The fourth-order valence-corrected chi connectivity index (χ4v) is 3.87. The molecule has 1 unspecified atom stereocenters. The Morgan fingerprint density at radius 2 is 1.70 bits per heavy atom. The van der Waals surface area contributed by atoms with Crippen LogP contribution in [0.5, 0.6) is 0 Å². The van der Waals surface area contributed by atoms with Crippen molar-refractivity contribution < 1.29 is 13.2 Å². The van der Waals surface area contributed by atoms with Crippen LogP contribution in [0, 0.1) is 0 Å². The number of carbonyl (C=O) groups is 1. The standard InChI is InChI=1S/C20H24N2O3S2/c1-26-14-12-19(20(23)21-16-18-10-6-3-7-11-18)22-27(24,25)15-13-17-8-4-2-5-9-17/h2-11,13,15,19,22H,12,14,16H2,1H3,(H,21,23). The second-order valence-corrected chi connectivity index (χ2v) is 8.50. The van der Waals surface area contributed by atoms with E-state index in [2.05, 4.69) is 10.0 Å². The molecule has 2 rings (SSSR count). The van der Waals surface area contributed by atoms with Gasteiger partial charge in [-0.25, -0.2) is 8.42 Å². The van der Waals surface area contributed by atoms with E-state index in [1.54, 1.807) is 11.8 Å². The first-order valence-corrected chi connectivity index (χ1v) is 11.5. The molecule has 0 bridgehead atoms. The number of hydrogen-bond acceptors (Lipinski definition) is 4. The molecular weight excluding hydrogens is 380 g/mol. The van der Waals surface area contributed by atoms with Gasteiger partial charge in [0.2, 0.25) is 15.9 Å². The van der Waals surface area contributed by atoms with Crippen molar-refractivity contribution in [2.45, 2.75) is 19.0 Å². The normalized spacial score (nSPS) is 12.8. The van der Waals surface area contributed by atoms with Crippen molar-refractivity contribution in [3.63, 3.8) is 0 Å². The first kappa shape index (κ1) is 21.2. The van der Waals surface area contributed by atoms with Crippen molar-refractivity contribution in [3.05, 3.63) is 77.2 Å². The number of sulfonamides is 1. The number of rotatable bonds is 10. The molecule has 0 spiro atoms. The molecule has 2 N–H and O–H groups in total. The molecule has 2 aromatic rings. The predicted molar refractivity (Wildman–Crippen MR) is 113 cm³/mol. The van der Waals surface area contributed by atoms with E-state index in [-0.39, 0.29) is 5.91 Å². The van der Waals surface area contributed by atoms with Crippen molar-refractivity contribution in [2.75, 3.05) is 12.0 Å². The Kier molecular flexibility index (Phi) is 8.57. The largest absolute Gasteiger partial charge is 0.351 e. The molecule has 27 heavy (non-hydrogen) atoms. The summed E-state index contributed by atoms with van der Waals surface area (Å²) in [6, 6.07) is 17.8. The van der Waals surface area contributed by atoms with Crippen molar-refractivity contribution in [1.29, 1.82) is 0 Å². The lowest BCUT2D eigenvalue weighted by Gasteiger charge is -2.17. The van der Waals surface area contributed by atoms with Gasteiger partial charge < -0.3 is 5.32 Å². The molecule has 0 saturated carbocycles. The van der Waals surface area contributed by atoms with Gasteiger partial charge in [0.25, 0.3) is 0 Å². The van der Waals surface area contributed by atoms with Gasteiger partial charge in [-0.1, -0.05) is 60.7 Å². The van der Waals surface area contributed by atoms with Crippen LogP contribution in [0.2, 0.25) is 0 Å². The Labute approximate surface area is 165 Å². The Morgan fingerprint density at radius 1 is 1.07 bits per heavy atom. The maximum Gasteiger partial charge on any atom is 0.238 e. The molecular formula is C20H24N2O3S2. The van der Waals surface area contributed by atoms with E-state index in [9.17, 15) is 13.2 Å². The summed E-state index contributed by atoms with van der Waals surface area (Å²) in [6.07, 6.45) is 3.85. The third-order valence-electron chi connectivity index (χ3n) is 3.78. The third-order valence-corrected chi connectivity index (χ3v) is 5.53. The zero-order valence-corrected chi connectivity index (χ0v) is 16.8. The van der Waals surface area contributed by atoms with Gasteiger partial charge in [0.1, 0.15) is 6.04 Å². The van der Waals surface area contributed by atoms with Crippen LogP contribution in [0.1, 0.15) is 17.5 Å². The molecule has 0 aliphatic rings. The van der Waals surface area contributed by atoms with Gasteiger partial charge in [0.05, 0.1) is 0 Å². The number of benzene rings is 2. The highest BCUT2D eigenvalue weighted by Crippen LogP contribution is 2.07. The quantitative estimate of drug-likeness (QED) is 0.638. The Hall–Kier alpha value is -2.09. The molecule has 1 amide bonds. The zero-order valence-electron chi connectivity index (χ0n) is 15.2. The summed E-state index contributed by atoms with van der Waals surface area (Å²) in [7, 11) is -3.74. The number of thioether (sulfide) groups is 1. The smallest absolute Gasteiger partial charge is 0.238 e. The van der Waals surface area contributed by atoms with Crippen molar-refractivity contribution in [1.82, 2.24) is 10.0 Å². The zero-order chi connectivity index (χ0) is 19.5. The highest BCUT2D eigenvalue weighted by Gasteiger charge is 2.22. The summed E-state index contributed by atoms with van der Waals surface area (Å²) < 4.78 is 27.2. The predicted octanol–water partition coefficient (Wildman–Crippen LogP) is 3.01. The fraction of sp³-hybridized carbons (Fsp3) is 0.250. The molecule has 0 aliphatic heterocycles. The molecule has 0 heterocycles. The maximum absolute atomic E-state index is 12.5. The molecule has 2 aromatic carbocycles. The van der Waals surface area contributed by atoms with E-state index in [1.165, 1.54) is 6.08 Å². The SMILES string of the molecule is CSCCC(NS(=O)(=O)C=Cc1ccccc1)C(=O)NCc1ccccc1. The Bertz CT molecular complexity index is 838. The van der Waals surface area contributed by atoms with E-state index in [4.69, 9.17) is 0 Å². The number of amides is 1. The lowest BCUT2D eigenvalue weighted by molar-refractivity contribution is -0.122. The Balaban J connectivity index is 2.01. The van der Waals surface area contributed by atoms with Crippen LogP contribution in [0.4, 0.5) is 0 Å². The summed E-state index contributed by atoms with van der Waals surface area (Å²) >= 11 is 1.57. The lowest BCUT2D eigenvalue weighted by Crippen LogP contribution is -2.46. The van der Waals surface area contributed by atoms with Gasteiger partial charge >= 0.3 is 0 Å². The van der Waals surface area contributed by atoms with Gasteiger partial charge in [-0.3, -0.25) is 4.79 Å². The third kappa shape index (κ3) is 7.99. The summed E-state index contributed by atoms with van der Waals surface area (Å²) in [5.74, 6) is 0.346. The first-order chi connectivity index (χ1) is 13.0. The van der Waals surface area contributed by atoms with Crippen LogP contribution in [0.3, 0.4) is 0 Å². The molecule has 5 nitrogen and oxygen atoms in total. The van der Waals surface area contributed by atoms with Crippen molar-refractivity contribution in [3.8, 4) is 0 Å². The minimum Gasteiger partial charge on any atom is -0.351 e. The van der Waals surface area contributed by atoms with E-state index >= 15 is 0 Å². The second-order valence-electron chi connectivity index (χ2n) is 5.91. The lowest BCUT2D eigenvalue weighted by atomic mass is 10.2. The van der Waals surface area contributed by atoms with Gasteiger partial charge in [-0.15, -0.1) is 0 Å². The van der Waals surface area contributed by atoms with E-state index in [0.29, 0.717) is 18.7 Å². The number of nitrogens with one attached hydrogen (secondary N) is 2. The monoisotopic (exact) mass is 404 g/mol. The van der Waals surface area contributed by atoms with Crippen LogP contribution in [-0.4, -0.2) is 32.4 Å². The molecule has 0 saturated heterocycles. The average Bonchev–Trinajstić information content (AvgIpc) is 2.69. The van der Waals surface area contributed by atoms with Crippen LogP contribution in [0.15, 0.2) is 66.1 Å². The Morgan fingerprint density at radius 3 is 2.33 bits per heavy atom. The topological polar surface area (TPSA) is 75.3 Å². The second kappa shape index (κ2) is 10.9. The molecule has 0 aliphatic carbocycles. The molecule has 0 radical (unpaired) electrons. The minimum absolute atomic E-state index is 0.329.